The van der Waals surface area contributed by atoms with E-state index in [4.69, 9.17) is 27.9 Å². The fraction of sp³-hybridized carbons (Fsp3) is 0.333. The Morgan fingerprint density at radius 3 is 2.68 bits per heavy atom. The Morgan fingerprint density at radius 2 is 1.95 bits per heavy atom. The van der Waals surface area contributed by atoms with E-state index in [2.05, 4.69) is 9.97 Å². The van der Waals surface area contributed by atoms with Gasteiger partial charge in [-0.05, 0) is 12.1 Å². The average molecular weight is 300 g/mol. The van der Waals surface area contributed by atoms with Crippen molar-refractivity contribution >= 4 is 40.1 Å². The zero-order valence-corrected chi connectivity index (χ0v) is 11.5. The molecule has 0 radical (unpaired) electrons. The molecular formula is C12H11Cl2N3O2. The minimum atomic E-state index is -0.133. The first-order valence-corrected chi connectivity index (χ1v) is 6.62. The van der Waals surface area contributed by atoms with Gasteiger partial charge >= 0.3 is 0 Å². The summed E-state index contributed by atoms with van der Waals surface area (Å²) in [5, 5.41) is 0.856. The van der Waals surface area contributed by atoms with Crippen molar-refractivity contribution in [1.82, 2.24) is 14.9 Å². The number of hydrogen-bond donors (Lipinski definition) is 1. The number of aromatic nitrogens is 2. The fourth-order valence-electron chi connectivity index (χ4n) is 2.02. The van der Waals surface area contributed by atoms with Gasteiger partial charge in [-0.15, -0.1) is 0 Å². The Balaban J connectivity index is 1.94. The summed E-state index contributed by atoms with van der Waals surface area (Å²) >= 11 is 11.9. The second-order valence-corrected chi connectivity index (χ2v) is 5.09. The number of benzene rings is 1. The molecule has 19 heavy (non-hydrogen) atoms. The monoisotopic (exact) mass is 299 g/mol. The number of ether oxygens (including phenoxy) is 1. The molecule has 1 fully saturated rings. The van der Waals surface area contributed by atoms with Gasteiger partial charge in [0, 0.05) is 13.1 Å². The molecule has 1 aliphatic heterocycles. The first-order chi connectivity index (χ1) is 9.15. The Labute approximate surface area is 119 Å². The van der Waals surface area contributed by atoms with E-state index in [1.54, 1.807) is 17.0 Å². The molecule has 1 N–H and O–H groups in total. The summed E-state index contributed by atoms with van der Waals surface area (Å²) < 4.78 is 5.22. The van der Waals surface area contributed by atoms with Crippen LogP contribution >= 0.6 is 23.2 Å². The van der Waals surface area contributed by atoms with Crippen LogP contribution in [-0.4, -0.2) is 47.1 Å². The minimum absolute atomic E-state index is 0.133. The van der Waals surface area contributed by atoms with Crippen molar-refractivity contribution < 1.29 is 9.53 Å². The first-order valence-electron chi connectivity index (χ1n) is 5.87. The number of H-pyrrole nitrogens is 1. The van der Waals surface area contributed by atoms with Gasteiger partial charge in [-0.1, -0.05) is 23.2 Å². The number of nitrogens with one attached hydrogen (secondary N) is 1. The molecule has 0 saturated carbocycles. The molecule has 1 aromatic heterocycles. The maximum Gasteiger partial charge on any atom is 0.289 e. The predicted octanol–water partition coefficient (Wildman–Crippen LogP) is 2.34. The molecule has 0 unspecified atom stereocenters. The number of carbonyl (C=O) groups excluding carboxylic acids is 1. The van der Waals surface area contributed by atoms with Crippen LogP contribution in [0.25, 0.3) is 11.0 Å². The van der Waals surface area contributed by atoms with Crippen molar-refractivity contribution in [1.29, 1.82) is 0 Å². The lowest BCUT2D eigenvalue weighted by Crippen LogP contribution is -2.41. The van der Waals surface area contributed by atoms with Crippen molar-refractivity contribution in [3.05, 3.63) is 28.0 Å². The molecule has 1 saturated heterocycles. The van der Waals surface area contributed by atoms with Gasteiger partial charge in [0.1, 0.15) is 0 Å². The largest absolute Gasteiger partial charge is 0.378 e. The number of fused-ring (bicyclic) bond motifs is 1. The average Bonchev–Trinajstić information content (AvgIpc) is 2.82. The highest BCUT2D eigenvalue weighted by molar-refractivity contribution is 6.42. The Hall–Kier alpha value is -1.30. The Kier molecular flexibility index (Phi) is 3.35. The maximum atomic E-state index is 12.2. The zero-order chi connectivity index (χ0) is 13.4. The van der Waals surface area contributed by atoms with Crippen LogP contribution in [0.15, 0.2) is 12.1 Å². The Morgan fingerprint density at radius 1 is 1.26 bits per heavy atom. The number of carbonyl (C=O) groups is 1. The van der Waals surface area contributed by atoms with Crippen LogP contribution in [0.5, 0.6) is 0 Å². The van der Waals surface area contributed by atoms with E-state index in [9.17, 15) is 4.79 Å². The quantitative estimate of drug-likeness (QED) is 0.879. The maximum absolute atomic E-state index is 12.2. The van der Waals surface area contributed by atoms with Gasteiger partial charge in [0.2, 0.25) is 0 Å². The topological polar surface area (TPSA) is 58.2 Å². The van der Waals surface area contributed by atoms with Crippen molar-refractivity contribution in [3.63, 3.8) is 0 Å². The molecule has 0 bridgehead atoms. The van der Waals surface area contributed by atoms with Crippen molar-refractivity contribution in [2.45, 2.75) is 0 Å². The summed E-state index contributed by atoms with van der Waals surface area (Å²) in [4.78, 5) is 21.2. The summed E-state index contributed by atoms with van der Waals surface area (Å²) in [5.74, 6) is 0.168. The third kappa shape index (κ3) is 2.41. The van der Waals surface area contributed by atoms with Crippen LogP contribution in [0.1, 0.15) is 10.6 Å². The van der Waals surface area contributed by atoms with Gasteiger partial charge in [-0.25, -0.2) is 4.98 Å². The lowest BCUT2D eigenvalue weighted by atomic mass is 10.3. The fourth-order valence-corrected chi connectivity index (χ4v) is 2.34. The van der Waals surface area contributed by atoms with Crippen LogP contribution in [-0.2, 0) is 4.74 Å². The smallest absolute Gasteiger partial charge is 0.289 e. The Bertz CT molecular complexity index is 596. The molecule has 1 aliphatic rings. The van der Waals surface area contributed by atoms with E-state index in [-0.39, 0.29) is 5.91 Å². The normalized spacial score (nSPS) is 16.0. The van der Waals surface area contributed by atoms with Crippen molar-refractivity contribution in [3.8, 4) is 0 Å². The second kappa shape index (κ2) is 5.00. The molecule has 3 rings (SSSR count). The van der Waals surface area contributed by atoms with E-state index in [0.717, 1.165) is 0 Å². The molecule has 0 atom stereocenters. The van der Waals surface area contributed by atoms with Crippen LogP contribution in [0.2, 0.25) is 10.0 Å². The summed E-state index contributed by atoms with van der Waals surface area (Å²) in [5.41, 5.74) is 1.33. The second-order valence-electron chi connectivity index (χ2n) is 4.27. The molecular weight excluding hydrogens is 289 g/mol. The van der Waals surface area contributed by atoms with Gasteiger partial charge < -0.3 is 14.6 Å². The summed E-state index contributed by atoms with van der Waals surface area (Å²) in [7, 11) is 0. The molecule has 1 aromatic carbocycles. The number of hydrogen-bond acceptors (Lipinski definition) is 3. The van der Waals surface area contributed by atoms with E-state index in [1.807, 2.05) is 0 Å². The zero-order valence-electron chi connectivity index (χ0n) is 9.95. The van der Waals surface area contributed by atoms with Crippen LogP contribution in [0, 0.1) is 0 Å². The van der Waals surface area contributed by atoms with Crippen LogP contribution in [0.3, 0.4) is 0 Å². The highest BCUT2D eigenvalue weighted by Gasteiger charge is 2.21. The van der Waals surface area contributed by atoms with Crippen LogP contribution in [0.4, 0.5) is 0 Å². The highest BCUT2D eigenvalue weighted by atomic mass is 35.5. The van der Waals surface area contributed by atoms with Crippen molar-refractivity contribution in [2.75, 3.05) is 26.3 Å². The lowest BCUT2D eigenvalue weighted by molar-refractivity contribution is 0.0296. The lowest BCUT2D eigenvalue weighted by Gasteiger charge is -2.25. The number of imidazole rings is 1. The van der Waals surface area contributed by atoms with Crippen molar-refractivity contribution in [2.24, 2.45) is 0 Å². The number of morpholine rings is 1. The molecule has 5 nitrogen and oxygen atoms in total. The molecule has 100 valence electrons. The third-order valence-corrected chi connectivity index (χ3v) is 3.75. The molecule has 2 heterocycles. The first kappa shape index (κ1) is 12.7. The summed E-state index contributed by atoms with van der Waals surface area (Å²) in [6.45, 7) is 2.28. The van der Waals surface area contributed by atoms with E-state index < -0.39 is 0 Å². The standard InChI is InChI=1S/C12H11Cl2N3O2/c13-7-5-9-10(6-8(7)14)16-11(15-9)12(18)17-1-3-19-4-2-17/h5-6H,1-4H2,(H,15,16). The molecule has 1 amide bonds. The van der Waals surface area contributed by atoms with Gasteiger partial charge in [-0.2, -0.15) is 0 Å². The van der Waals surface area contributed by atoms with E-state index in [0.29, 0.717) is 53.2 Å². The highest BCUT2D eigenvalue weighted by Crippen LogP contribution is 2.26. The summed E-state index contributed by atoms with van der Waals surface area (Å²) in [6, 6.07) is 3.31. The van der Waals surface area contributed by atoms with Crippen LogP contribution < -0.4 is 0 Å². The van der Waals surface area contributed by atoms with Gasteiger partial charge in [0.05, 0.1) is 34.3 Å². The molecule has 0 aliphatic carbocycles. The molecule has 0 spiro atoms. The number of nitrogens with zero attached hydrogens (tertiary/aromatic N) is 2. The molecule has 2 aromatic rings. The van der Waals surface area contributed by atoms with Gasteiger partial charge in [-0.3, -0.25) is 4.79 Å². The van der Waals surface area contributed by atoms with Gasteiger partial charge in [0.25, 0.3) is 5.91 Å². The summed E-state index contributed by atoms with van der Waals surface area (Å²) in [6.07, 6.45) is 0. The number of aromatic amines is 1. The van der Waals surface area contributed by atoms with Gasteiger partial charge in [0.15, 0.2) is 5.82 Å². The number of halogens is 2. The number of rotatable bonds is 1. The SMILES string of the molecule is O=C(c1nc2cc(Cl)c(Cl)cc2[nH]1)N1CCOCC1. The molecule has 7 heteroatoms. The third-order valence-electron chi connectivity index (χ3n) is 3.02. The van der Waals surface area contributed by atoms with E-state index >= 15 is 0 Å². The minimum Gasteiger partial charge on any atom is -0.378 e. The van der Waals surface area contributed by atoms with E-state index in [1.165, 1.54) is 0 Å². The number of amides is 1. The predicted molar refractivity (Wildman–Crippen MR) is 72.8 cm³/mol.